The summed E-state index contributed by atoms with van der Waals surface area (Å²) in [4.78, 5) is 111. The van der Waals surface area contributed by atoms with Gasteiger partial charge in [-0.05, 0) is 122 Å². The van der Waals surface area contributed by atoms with Gasteiger partial charge in [0.05, 0.1) is 61.8 Å². The van der Waals surface area contributed by atoms with Crippen molar-refractivity contribution in [3.8, 4) is 11.5 Å². The number of esters is 6. The van der Waals surface area contributed by atoms with Crippen LogP contribution in [0.3, 0.4) is 0 Å². The van der Waals surface area contributed by atoms with Crippen LogP contribution in [0, 0.1) is 23.7 Å². The molecule has 15 unspecified atom stereocenters. The van der Waals surface area contributed by atoms with Gasteiger partial charge in [0.1, 0.15) is 72.7 Å². The number of carbonyl (C=O) groups is 8. The third-order valence-electron chi connectivity index (χ3n) is 23.0. The van der Waals surface area contributed by atoms with Crippen LogP contribution in [0.4, 0.5) is 0 Å². The number of nitrogens with zero attached hydrogens (tertiary/aromatic N) is 1. The van der Waals surface area contributed by atoms with Crippen LogP contribution in [0.15, 0.2) is 200 Å². The summed E-state index contributed by atoms with van der Waals surface area (Å²) >= 11 is 0. The molecule has 25 heteroatoms. The van der Waals surface area contributed by atoms with Crippen molar-refractivity contribution in [2.24, 2.45) is 23.7 Å². The van der Waals surface area contributed by atoms with Crippen LogP contribution in [0.1, 0.15) is 190 Å². The second kappa shape index (κ2) is 45.6. The summed E-state index contributed by atoms with van der Waals surface area (Å²) in [5, 5.41) is 11.0. The van der Waals surface area contributed by atoms with Gasteiger partial charge in [-0.25, -0.2) is 19.2 Å². The molecule has 0 saturated carbocycles. The molecule has 0 radical (unpaired) electrons. The van der Waals surface area contributed by atoms with Gasteiger partial charge < -0.3 is 81.1 Å². The normalized spacial score (nSPS) is 24.6. The number of aliphatic hydroxyl groups excluding tert-OH is 1. The third-order valence-corrected chi connectivity index (χ3v) is 23.0. The number of ketones is 1. The second-order valence-corrected chi connectivity index (χ2v) is 31.6. The minimum atomic E-state index is -1.49. The van der Waals surface area contributed by atoms with E-state index in [1.807, 2.05) is 85.8 Å². The number of ether oxygens (including phenoxy) is 15. The summed E-state index contributed by atoms with van der Waals surface area (Å²) in [6.45, 7) is 8.99. The number of hydrogen-bond acceptors (Lipinski definition) is 24. The molecular formula is C96H115NO24. The molecule has 11 rings (SSSR count). The number of benzene rings is 7. The fraction of sp³-hybridized carbons (Fsp3) is 0.479. The first-order valence-corrected chi connectivity index (χ1v) is 42.3. The van der Waals surface area contributed by atoms with E-state index in [-0.39, 0.29) is 61.8 Å². The SMILES string of the molecule is COc1ccc(C(OC[C@@H]2C[C@@H](O)CN2C(=O)CCCCCCC(=O)CCCCCCCCOC2OC(COC3OC(COC(=O)c4ccccc4)C(C)C(OC(=O)c4ccccc4)C3C)C(OC(C)=O)C(OC3OC(COC(=O)c4ccccc4)C(C)C(OC(=O)c4ccccc4)C3C)C2OC(C)=O)(c2ccccc2)c2ccc(OC)cc2)cc1. The number of aliphatic hydroxyl groups is 1. The lowest BCUT2D eigenvalue weighted by Gasteiger charge is -2.49. The molecule has 0 bridgehead atoms. The summed E-state index contributed by atoms with van der Waals surface area (Å²) in [7, 11) is 3.25. The van der Waals surface area contributed by atoms with E-state index >= 15 is 0 Å². The van der Waals surface area contributed by atoms with E-state index in [0.29, 0.717) is 74.0 Å². The number of amides is 1. The maximum absolute atomic E-state index is 14.0. The maximum Gasteiger partial charge on any atom is 0.338 e. The number of rotatable bonds is 42. The van der Waals surface area contributed by atoms with Crippen LogP contribution in [0.5, 0.6) is 11.5 Å². The van der Waals surface area contributed by atoms with E-state index in [1.165, 1.54) is 13.8 Å². The fourth-order valence-electron chi connectivity index (χ4n) is 16.4. The Morgan fingerprint density at radius 1 is 0.397 bits per heavy atom. The number of carbonyl (C=O) groups excluding carboxylic acids is 8. The standard InChI is InChI=1S/C96H115NO24/c1-62-80(59-110-89(103)68-34-20-15-21-35-68)116-93(64(3)84(62)119-91(105)70-38-24-17-25-39-70)112-61-82-86(114-66(5)98)87(121-94-65(4)85(120-92(106)71-40-26-18-27-41-71)63(2)81(117-94)60-111-90(104)69-36-22-16-23-37-69)88(115-67(6)99)95(118-82)109-55-33-14-10-9-11-30-44-76(100)45-31-12-13-32-46-83(102)97-57-77(101)56-75(97)58-113-96(72-42-28-19-29-43-72,73-47-51-78(107-7)52-48-73)74-49-53-79(108-8)54-50-74/h15-29,34-43,47-54,62-65,75,77,80-82,84-88,93-95,101H,9-14,30-33,44-46,55-61H2,1-8H3/t62?,63?,64?,65?,75-,77+,80?,81?,82?,84?,85?,86?,87?,88?,93?,94?,95?/m0/s1. The Morgan fingerprint density at radius 2 is 0.802 bits per heavy atom. The predicted molar refractivity (Wildman–Crippen MR) is 445 cm³/mol. The van der Waals surface area contributed by atoms with Crippen LogP contribution in [-0.2, 0) is 86.4 Å². The molecule has 25 nitrogen and oxygen atoms in total. The summed E-state index contributed by atoms with van der Waals surface area (Å²) in [5.74, 6) is -5.19. The molecule has 17 atom stereocenters. The first kappa shape index (κ1) is 91.5. The van der Waals surface area contributed by atoms with Gasteiger partial charge in [-0.2, -0.15) is 0 Å². The average molecular weight is 1670 g/mol. The van der Waals surface area contributed by atoms with Crippen LogP contribution in [0.2, 0.25) is 0 Å². The largest absolute Gasteiger partial charge is 0.497 e. The highest BCUT2D eigenvalue weighted by atomic mass is 16.8. The Labute approximate surface area is 708 Å². The molecule has 4 fully saturated rings. The molecule has 121 heavy (non-hydrogen) atoms. The van der Waals surface area contributed by atoms with Gasteiger partial charge in [-0.1, -0.05) is 194 Å². The monoisotopic (exact) mass is 1670 g/mol. The fourth-order valence-corrected chi connectivity index (χ4v) is 16.4. The van der Waals surface area contributed by atoms with Crippen molar-refractivity contribution in [2.75, 3.05) is 53.8 Å². The van der Waals surface area contributed by atoms with Gasteiger partial charge in [-0.15, -0.1) is 0 Å². The molecule has 648 valence electrons. The number of β-amino-alcohol motifs (C(OH)–C–C–N with tert-alkyl or cyclic N) is 1. The van der Waals surface area contributed by atoms with Gasteiger partial charge in [0.2, 0.25) is 5.91 Å². The molecule has 0 spiro atoms. The van der Waals surface area contributed by atoms with E-state index in [9.17, 15) is 43.5 Å². The first-order chi connectivity index (χ1) is 58.6. The molecule has 7 aromatic rings. The quantitative estimate of drug-likeness (QED) is 0.0161. The number of Topliss-reactive ketones (excluding diaryl/α,β-unsaturated/α-hetero) is 1. The van der Waals surface area contributed by atoms with Gasteiger partial charge in [0.15, 0.2) is 31.1 Å². The highest BCUT2D eigenvalue weighted by Crippen LogP contribution is 2.44. The Balaban J connectivity index is 0.713. The highest BCUT2D eigenvalue weighted by molar-refractivity contribution is 5.91. The second-order valence-electron chi connectivity index (χ2n) is 31.6. The highest BCUT2D eigenvalue weighted by Gasteiger charge is 2.56. The summed E-state index contributed by atoms with van der Waals surface area (Å²) in [5.41, 5.74) is 2.71. The van der Waals surface area contributed by atoms with E-state index in [0.717, 1.165) is 55.2 Å². The van der Waals surface area contributed by atoms with E-state index in [2.05, 4.69) is 0 Å². The summed E-state index contributed by atoms with van der Waals surface area (Å²) < 4.78 is 95.4. The number of unbranched alkanes of at least 4 members (excludes halogenated alkanes) is 8. The van der Waals surface area contributed by atoms with E-state index < -0.39 is 146 Å². The lowest BCUT2D eigenvalue weighted by Crippen LogP contribution is -2.65. The molecule has 1 N–H and O–H groups in total. The zero-order chi connectivity index (χ0) is 85.8. The Morgan fingerprint density at radius 3 is 1.27 bits per heavy atom. The number of methoxy groups -OCH3 is 2. The van der Waals surface area contributed by atoms with Gasteiger partial charge in [-0.3, -0.25) is 19.2 Å². The van der Waals surface area contributed by atoms with Crippen molar-refractivity contribution in [3.05, 3.63) is 239 Å². The molecule has 4 heterocycles. The average Bonchev–Trinajstić information content (AvgIpc) is 1.28. The Kier molecular flexibility index (Phi) is 34.5. The lowest BCUT2D eigenvalue weighted by atomic mass is 9.80. The van der Waals surface area contributed by atoms with Crippen LogP contribution >= 0.6 is 0 Å². The molecule has 0 aromatic heterocycles. The first-order valence-electron chi connectivity index (χ1n) is 42.3. The van der Waals surface area contributed by atoms with Crippen molar-refractivity contribution in [3.63, 3.8) is 0 Å². The zero-order valence-corrected chi connectivity index (χ0v) is 70.3. The van der Waals surface area contributed by atoms with Crippen molar-refractivity contribution in [1.82, 2.24) is 4.90 Å². The Hall–Kier alpha value is -10.2. The van der Waals surface area contributed by atoms with Crippen LogP contribution in [-0.4, -0.2) is 191 Å². The Bertz CT molecular complexity index is 4360. The number of hydrogen-bond donors (Lipinski definition) is 1. The van der Waals surface area contributed by atoms with Gasteiger partial charge >= 0.3 is 35.8 Å². The summed E-state index contributed by atoms with van der Waals surface area (Å²) in [6.07, 6.45) is -5.25. The molecule has 4 aliphatic heterocycles. The van der Waals surface area contributed by atoms with Crippen LogP contribution in [0.25, 0.3) is 0 Å². The maximum atomic E-state index is 14.0. The van der Waals surface area contributed by atoms with Crippen molar-refractivity contribution >= 4 is 47.5 Å². The lowest BCUT2D eigenvalue weighted by molar-refractivity contribution is -0.356. The van der Waals surface area contributed by atoms with Crippen LogP contribution < -0.4 is 9.47 Å². The van der Waals surface area contributed by atoms with Gasteiger partial charge in [0, 0.05) is 69.9 Å². The minimum absolute atomic E-state index is 0.0458. The minimum Gasteiger partial charge on any atom is -0.497 e. The van der Waals surface area contributed by atoms with Crippen molar-refractivity contribution in [2.45, 2.75) is 217 Å². The molecule has 0 aliphatic carbocycles. The zero-order valence-electron chi connectivity index (χ0n) is 70.3. The van der Waals surface area contributed by atoms with Crippen molar-refractivity contribution < 1.29 is 115 Å². The molecular weight excluding hydrogens is 1550 g/mol. The van der Waals surface area contributed by atoms with E-state index in [4.69, 9.17) is 71.1 Å². The topological polar surface area (TPSA) is 298 Å². The third kappa shape index (κ3) is 25.0. The van der Waals surface area contributed by atoms with Crippen molar-refractivity contribution in [1.29, 1.82) is 0 Å². The van der Waals surface area contributed by atoms with E-state index in [1.54, 1.807) is 161 Å². The smallest absolute Gasteiger partial charge is 0.338 e. The number of likely N-dealkylation sites (tertiary alicyclic amines) is 1. The molecule has 4 saturated heterocycles. The predicted octanol–water partition coefficient (Wildman–Crippen LogP) is 14.8. The molecule has 7 aromatic carbocycles. The summed E-state index contributed by atoms with van der Waals surface area (Å²) in [6, 6.07) is 58.9. The molecule has 1 amide bonds. The van der Waals surface area contributed by atoms with Gasteiger partial charge in [0.25, 0.3) is 0 Å². The molecule has 4 aliphatic rings.